The second kappa shape index (κ2) is 66.8. The molecule has 1 heteroatoms. The van der Waals surface area contributed by atoms with Crippen molar-refractivity contribution in [3.8, 4) is 5.75 Å². The van der Waals surface area contributed by atoms with Crippen molar-refractivity contribution in [2.24, 2.45) is 154 Å². The topological polar surface area (TPSA) is 9.23 Å². The second-order valence-corrected chi connectivity index (χ2v) is 48.3. The number of allylic oxidation sites excluding steroid dienone is 21. The third-order valence-electron chi connectivity index (χ3n) is 37.9. The summed E-state index contributed by atoms with van der Waals surface area (Å²) < 4.78 is 5.17. The van der Waals surface area contributed by atoms with E-state index in [1.165, 1.54) is 377 Å². The van der Waals surface area contributed by atoms with E-state index in [9.17, 15) is 0 Å². The molecule has 0 heterocycles. The monoisotopic (exact) mass is 1840 g/mol. The fourth-order valence-electron chi connectivity index (χ4n) is 27.9. The summed E-state index contributed by atoms with van der Waals surface area (Å²) in [5.41, 5.74) is 4.42. The van der Waals surface area contributed by atoms with E-state index >= 15 is 0 Å². The van der Waals surface area contributed by atoms with Gasteiger partial charge in [0.15, 0.2) is 0 Å². The highest BCUT2D eigenvalue weighted by molar-refractivity contribution is 5.30. The van der Waals surface area contributed by atoms with Crippen molar-refractivity contribution in [3.05, 3.63) is 213 Å². The number of hydrogen-bond donors (Lipinski definition) is 0. The van der Waals surface area contributed by atoms with Crippen molar-refractivity contribution < 1.29 is 4.74 Å². The molecule has 0 unspecified atom stereocenters. The van der Waals surface area contributed by atoms with Gasteiger partial charge in [-0.1, -0.05) is 295 Å². The Morgan fingerprint density at radius 1 is 0.237 bits per heavy atom. The van der Waals surface area contributed by atoms with Crippen LogP contribution in [0.2, 0.25) is 0 Å². The summed E-state index contributed by atoms with van der Waals surface area (Å²) in [6.07, 6.45) is 131. The van der Waals surface area contributed by atoms with Crippen LogP contribution in [0.4, 0.5) is 0 Å². The van der Waals surface area contributed by atoms with Crippen molar-refractivity contribution in [2.75, 3.05) is 7.11 Å². The first-order valence-corrected chi connectivity index (χ1v) is 59.3. The lowest BCUT2D eigenvalue weighted by atomic mass is 9.69. The molecule has 0 aromatic heterocycles. The van der Waals surface area contributed by atoms with Gasteiger partial charge in [0.25, 0.3) is 0 Å². The molecule has 16 rings (SSSR count). The van der Waals surface area contributed by atoms with Gasteiger partial charge in [-0.15, -0.1) is 13.2 Å². The maximum Gasteiger partial charge on any atom is 0.118 e. The minimum atomic E-state index is 0.784. The maximum atomic E-state index is 5.17. The molecular formula is C134H216O. The highest BCUT2D eigenvalue weighted by Gasteiger charge is 2.35. The average molecular weight is 1840 g/mol. The fraction of sp³-hybridized carbons (Fsp3) is 0.731. The van der Waals surface area contributed by atoms with Crippen LogP contribution in [0.3, 0.4) is 0 Å². The molecule has 2 aromatic rings. The molecule has 1 nitrogen and oxygen atoms in total. The summed E-state index contributed by atoms with van der Waals surface area (Å²) in [4.78, 5) is 0. The van der Waals surface area contributed by atoms with Gasteiger partial charge in [-0.3, -0.25) is 0 Å². The molecule has 14 aliphatic carbocycles. The average Bonchev–Trinajstić information content (AvgIpc) is 0.869. The van der Waals surface area contributed by atoms with Crippen LogP contribution in [0.15, 0.2) is 196 Å². The highest BCUT2D eigenvalue weighted by Crippen LogP contribution is 2.48. The Labute approximate surface area is 839 Å². The number of aryl methyl sites for hydroxylation is 1. The third-order valence-corrected chi connectivity index (χ3v) is 37.9. The first-order valence-electron chi connectivity index (χ1n) is 59.3. The second-order valence-electron chi connectivity index (χ2n) is 48.3. The van der Waals surface area contributed by atoms with Crippen LogP contribution in [-0.4, -0.2) is 7.11 Å². The molecule has 0 aliphatic heterocycles. The number of hydrogen-bond acceptors (Lipinski definition) is 1. The minimum absolute atomic E-state index is 0.784. The van der Waals surface area contributed by atoms with E-state index in [0.29, 0.717) is 0 Å². The van der Waals surface area contributed by atoms with Crippen molar-refractivity contribution >= 4 is 0 Å². The predicted octanol–water partition coefficient (Wildman–Crippen LogP) is 42.0. The molecule has 0 saturated heterocycles. The molecule has 0 amide bonds. The third kappa shape index (κ3) is 44.3. The lowest BCUT2D eigenvalue weighted by Gasteiger charge is -2.37. The maximum absolute atomic E-state index is 5.17. The molecule has 135 heavy (non-hydrogen) atoms. The van der Waals surface area contributed by atoms with Crippen LogP contribution in [-0.2, 0) is 0 Å². The van der Waals surface area contributed by atoms with Gasteiger partial charge < -0.3 is 4.74 Å². The summed E-state index contributed by atoms with van der Waals surface area (Å²) in [5, 5.41) is 0. The zero-order valence-corrected chi connectivity index (χ0v) is 90.7. The Balaban J connectivity index is 0.000000173. The van der Waals surface area contributed by atoms with E-state index < -0.39 is 0 Å². The smallest absolute Gasteiger partial charge is 0.118 e. The molecule has 14 saturated carbocycles. The molecule has 2 aromatic carbocycles. The molecule has 0 bridgehead atoms. The summed E-state index contributed by atoms with van der Waals surface area (Å²) in [5.74, 6) is 27.4. The van der Waals surface area contributed by atoms with E-state index in [-0.39, 0.29) is 0 Å². The Hall–Kier alpha value is -4.88. The zero-order chi connectivity index (χ0) is 96.0. The predicted molar refractivity (Wildman–Crippen MR) is 599 cm³/mol. The lowest BCUT2D eigenvalue weighted by Crippen LogP contribution is -2.25. The summed E-state index contributed by atoms with van der Waals surface area (Å²) >= 11 is 0. The van der Waals surface area contributed by atoms with Gasteiger partial charge >= 0.3 is 0 Å². The van der Waals surface area contributed by atoms with Gasteiger partial charge in [0.1, 0.15) is 5.75 Å². The molecule has 758 valence electrons. The van der Waals surface area contributed by atoms with Crippen molar-refractivity contribution in [3.63, 3.8) is 0 Å². The van der Waals surface area contributed by atoms with Crippen molar-refractivity contribution in [1.82, 2.24) is 0 Å². The number of benzene rings is 2. The van der Waals surface area contributed by atoms with Gasteiger partial charge in [0.2, 0.25) is 0 Å². The quantitative estimate of drug-likeness (QED) is 0.0843. The highest BCUT2D eigenvalue weighted by atomic mass is 16.5. The van der Waals surface area contributed by atoms with Crippen LogP contribution in [0.25, 0.3) is 0 Å². The standard InChI is InChI=1S/4C18H30.2C17H28.C14H20O.C14H20/c1-3-4-16-9-11-18(12-10-16)14-13-17-7-5-15(2)6-8-17;1-3-4-5-6-16-9-13-18(14-10-16)17-11-7-15(2)8-12-17;2*1-3-5-15-7-11-17(12-8-15)18-13-9-16(6-4-2)10-14-18;1-3-15-8-10-17(11-9-15)13-12-16-6-4-14(2)5-7-16;1-3-4-5-15-8-12-17(13-9-15)16-10-6-14(2)7-11-16;1-11-3-5-12(6-4-11)13-7-9-14(15-2)10-8-13;1-11-3-7-13(8-4-11)14-9-5-12(2)6-10-14/h3-4,13-18H,5-12H2,1-2H3;2*3-6,15-18H,7-14H2,1-2H3;3-4,6,15-18H,1,5,7-14H2,2H3;3,12-17H,1,4-11H2,2H3;3-5,14-17H,1,6-13H2,2H3;7-12H,3-6H2,1-2H3;3-4,7-8,12,14H,5-6,9-10H2,1-2H3/b4-3?,14-13+;;;;13-12+;;;. The largest absolute Gasteiger partial charge is 0.497 e. The summed E-state index contributed by atoms with van der Waals surface area (Å²) in [6.45, 7) is 38.8. The van der Waals surface area contributed by atoms with E-state index in [2.05, 4.69) is 273 Å². The van der Waals surface area contributed by atoms with Crippen LogP contribution >= 0.6 is 0 Å². The number of rotatable bonds is 22. The van der Waals surface area contributed by atoms with Gasteiger partial charge in [-0.05, 0) is 519 Å². The van der Waals surface area contributed by atoms with Crippen LogP contribution in [0, 0.1) is 161 Å². The molecule has 0 radical (unpaired) electrons. The normalized spacial score (nSPS) is 36.2. The summed E-state index contributed by atoms with van der Waals surface area (Å²) in [7, 11) is 1.72. The lowest BCUT2D eigenvalue weighted by molar-refractivity contribution is 0.156. The molecule has 0 N–H and O–H groups in total. The Kier molecular flexibility index (Phi) is 56.3. The van der Waals surface area contributed by atoms with E-state index in [4.69, 9.17) is 4.74 Å². The Bertz CT molecular complexity index is 3540. The van der Waals surface area contributed by atoms with Crippen molar-refractivity contribution in [1.29, 1.82) is 0 Å². The molecular weight excluding hydrogens is 1630 g/mol. The number of methoxy groups -OCH3 is 1. The Morgan fingerprint density at radius 3 is 0.719 bits per heavy atom. The van der Waals surface area contributed by atoms with Gasteiger partial charge in [-0.2, -0.15) is 0 Å². The van der Waals surface area contributed by atoms with Gasteiger partial charge in [0, 0.05) is 0 Å². The van der Waals surface area contributed by atoms with Gasteiger partial charge in [0.05, 0.1) is 7.11 Å². The zero-order valence-electron chi connectivity index (χ0n) is 90.7. The fourth-order valence-corrected chi connectivity index (χ4v) is 27.9. The van der Waals surface area contributed by atoms with Crippen LogP contribution in [0.5, 0.6) is 5.75 Å². The number of ether oxygens (including phenoxy) is 1. The van der Waals surface area contributed by atoms with Crippen LogP contribution < -0.4 is 4.74 Å². The minimum Gasteiger partial charge on any atom is -0.497 e. The molecule has 14 fully saturated rings. The van der Waals surface area contributed by atoms with E-state index in [1.807, 2.05) is 6.08 Å². The SMILES string of the molecule is C=CC1CCC(/C=C/C2CCC(C)CC2)CC1.C=CC=CC1CCC(C2CCC(C)CC2)CC1.C=CCC1CCC(C2CCC(C=CC)CC2)CC1.CC=CC1CCC(/C=C/C2CCC(C)CC2)CC1.CC=CC1CCC(C2CCC(C=CC)CC2)CC1.CC=CC=CC1CCC(C2CCC(C)CC2)CC1.COc1ccc(C2CCC(C)CC2)cc1.Cc1ccc(C2CCC(C)CC2)cc1. The van der Waals surface area contributed by atoms with Crippen LogP contribution in [0.1, 0.15) is 471 Å². The first-order chi connectivity index (χ1) is 65.8. The van der Waals surface area contributed by atoms with E-state index in [1.54, 1.807) is 12.7 Å². The summed E-state index contributed by atoms with van der Waals surface area (Å²) in [6, 6.07) is 17.7. The molecule has 0 spiro atoms. The first kappa shape index (κ1) is 114. The van der Waals surface area contributed by atoms with Gasteiger partial charge in [-0.25, -0.2) is 0 Å². The molecule has 14 aliphatic rings. The van der Waals surface area contributed by atoms with E-state index in [0.717, 1.165) is 171 Å². The Morgan fingerprint density at radius 2 is 0.459 bits per heavy atom. The van der Waals surface area contributed by atoms with Crippen molar-refractivity contribution in [2.45, 2.75) is 461 Å². The molecule has 0 atom stereocenters.